The topological polar surface area (TPSA) is 92.5 Å². The van der Waals surface area contributed by atoms with Crippen LogP contribution in [0.1, 0.15) is 35.9 Å². The molecule has 184 valence electrons. The first-order valence-corrected chi connectivity index (χ1v) is 11.9. The first kappa shape index (κ1) is 23.7. The highest BCUT2D eigenvalue weighted by Gasteiger charge is 2.47. The smallest absolute Gasteiger partial charge is 0.272 e. The van der Waals surface area contributed by atoms with Gasteiger partial charge in [0, 0.05) is 24.3 Å². The Kier molecular flexibility index (Phi) is 6.25. The summed E-state index contributed by atoms with van der Waals surface area (Å²) in [5.41, 5.74) is 1.77. The zero-order valence-corrected chi connectivity index (χ0v) is 20.3. The first-order valence-electron chi connectivity index (χ1n) is 11.5. The van der Waals surface area contributed by atoms with E-state index in [0.717, 1.165) is 0 Å². The zero-order chi connectivity index (χ0) is 24.7. The largest absolute Gasteiger partial charge is 0.394 e. The number of rotatable bonds is 6. The molecule has 0 bridgehead atoms. The number of amides is 1. The lowest BCUT2D eigenvalue weighted by Gasteiger charge is -2.44. The van der Waals surface area contributed by atoms with Crippen molar-refractivity contribution in [3.63, 3.8) is 0 Å². The van der Waals surface area contributed by atoms with Gasteiger partial charge in [-0.2, -0.15) is 5.10 Å². The number of pyridine rings is 1. The highest BCUT2D eigenvalue weighted by molar-refractivity contribution is 6.33. The van der Waals surface area contributed by atoms with Gasteiger partial charge in [-0.05, 0) is 43.7 Å². The fourth-order valence-corrected chi connectivity index (χ4v) is 4.92. The van der Waals surface area contributed by atoms with Crippen molar-refractivity contribution in [1.82, 2.24) is 19.7 Å². The van der Waals surface area contributed by atoms with E-state index in [4.69, 9.17) is 21.4 Å². The van der Waals surface area contributed by atoms with Gasteiger partial charge in [0.2, 0.25) is 0 Å². The number of nitrogens with one attached hydrogen (secondary N) is 1. The molecule has 0 saturated carbocycles. The first-order chi connectivity index (χ1) is 16.8. The van der Waals surface area contributed by atoms with E-state index in [2.05, 4.69) is 10.3 Å². The number of aromatic nitrogens is 3. The van der Waals surface area contributed by atoms with Gasteiger partial charge in [0.1, 0.15) is 17.3 Å². The monoisotopic (exact) mass is 499 g/mol. The number of hydrogen-bond acceptors (Lipinski definition) is 6. The van der Waals surface area contributed by atoms with Crippen LogP contribution in [0.3, 0.4) is 0 Å². The number of nitrogens with zero attached hydrogens (tertiary/aromatic N) is 4. The van der Waals surface area contributed by atoms with Gasteiger partial charge in [0.25, 0.3) is 5.91 Å². The van der Waals surface area contributed by atoms with Crippen molar-refractivity contribution in [1.29, 1.82) is 0 Å². The van der Waals surface area contributed by atoms with E-state index in [0.29, 0.717) is 59.7 Å². The van der Waals surface area contributed by atoms with Crippen LogP contribution >= 0.6 is 11.6 Å². The summed E-state index contributed by atoms with van der Waals surface area (Å²) in [4.78, 5) is 19.8. The van der Waals surface area contributed by atoms with Crippen molar-refractivity contribution in [2.45, 2.75) is 32.5 Å². The summed E-state index contributed by atoms with van der Waals surface area (Å²) >= 11 is 6.47. The number of halogens is 2. The SMILES string of the molecule is CC(C)Nc1cc(-c2cc3n(n2)CC2(COC2)CN([C@H](CO)c2cccc(F)c2)C3=O)c(Cl)cn1. The summed E-state index contributed by atoms with van der Waals surface area (Å²) in [5, 5.41) is 18.7. The number of carbonyl (C=O) groups is 1. The predicted octanol–water partition coefficient (Wildman–Crippen LogP) is 3.76. The molecule has 1 fully saturated rings. The van der Waals surface area contributed by atoms with Gasteiger partial charge in [-0.25, -0.2) is 9.37 Å². The van der Waals surface area contributed by atoms with Gasteiger partial charge >= 0.3 is 0 Å². The Labute approximate surface area is 207 Å². The lowest BCUT2D eigenvalue weighted by molar-refractivity contribution is -0.133. The average molecular weight is 500 g/mol. The molecule has 10 heteroatoms. The van der Waals surface area contributed by atoms with E-state index >= 15 is 0 Å². The molecule has 4 heterocycles. The Hall–Kier alpha value is -3.01. The van der Waals surface area contributed by atoms with E-state index in [-0.39, 0.29) is 24.0 Å². The number of aliphatic hydroxyl groups excluding tert-OH is 1. The Bertz CT molecular complexity index is 1260. The molecule has 35 heavy (non-hydrogen) atoms. The second-order valence-corrected chi connectivity index (χ2v) is 10.0. The maximum Gasteiger partial charge on any atom is 0.272 e. The van der Waals surface area contributed by atoms with Gasteiger partial charge in [0.05, 0.1) is 48.5 Å². The van der Waals surface area contributed by atoms with Crippen LogP contribution in [-0.2, 0) is 11.3 Å². The van der Waals surface area contributed by atoms with Crippen LogP contribution in [0.4, 0.5) is 10.2 Å². The van der Waals surface area contributed by atoms with Crippen molar-refractivity contribution < 1.29 is 19.0 Å². The van der Waals surface area contributed by atoms with Gasteiger partial charge in [-0.1, -0.05) is 23.7 Å². The molecule has 2 aliphatic rings. The summed E-state index contributed by atoms with van der Waals surface area (Å²) in [6.45, 7) is 5.46. The van der Waals surface area contributed by atoms with Crippen molar-refractivity contribution in [3.05, 3.63) is 64.7 Å². The molecule has 0 aliphatic carbocycles. The van der Waals surface area contributed by atoms with Gasteiger partial charge in [-0.3, -0.25) is 9.48 Å². The molecule has 8 nitrogen and oxygen atoms in total. The molecule has 1 atom stereocenters. The van der Waals surface area contributed by atoms with Crippen molar-refractivity contribution in [2.24, 2.45) is 5.41 Å². The lowest BCUT2D eigenvalue weighted by atomic mass is 9.85. The van der Waals surface area contributed by atoms with Gasteiger partial charge in [0.15, 0.2) is 0 Å². The summed E-state index contributed by atoms with van der Waals surface area (Å²) < 4.78 is 21.2. The van der Waals surface area contributed by atoms with Gasteiger partial charge in [-0.15, -0.1) is 0 Å². The highest BCUT2D eigenvalue weighted by atomic mass is 35.5. The summed E-state index contributed by atoms with van der Waals surface area (Å²) in [7, 11) is 0. The molecule has 5 rings (SSSR count). The number of ether oxygens (including phenoxy) is 1. The number of hydrogen-bond donors (Lipinski definition) is 2. The average Bonchev–Trinajstić information content (AvgIpc) is 3.16. The molecule has 0 radical (unpaired) electrons. The molecule has 1 saturated heterocycles. The van der Waals surface area contributed by atoms with Crippen LogP contribution in [0.25, 0.3) is 11.3 Å². The molecule has 0 unspecified atom stereocenters. The fraction of sp³-hybridized carbons (Fsp3) is 0.400. The van der Waals surface area contributed by atoms with Crippen LogP contribution in [0, 0.1) is 11.2 Å². The zero-order valence-electron chi connectivity index (χ0n) is 19.5. The molecule has 2 aliphatic heterocycles. The lowest BCUT2D eigenvalue weighted by Crippen LogP contribution is -2.53. The maximum absolute atomic E-state index is 14.0. The van der Waals surface area contributed by atoms with Crippen molar-refractivity contribution in [2.75, 3.05) is 31.7 Å². The molecule has 1 amide bonds. The molecule has 2 N–H and O–H groups in total. The standard InChI is InChI=1S/C25H27ClFN5O3/c1-15(2)29-23-7-18(19(26)9-28-23)20-8-21-24(34)31(11-25(13-35-14-25)12-32(21)30-20)22(10-33)16-4-3-5-17(27)6-16/h3-9,15,22,33H,10-14H2,1-2H3,(H,28,29)/t22-/m1/s1. The summed E-state index contributed by atoms with van der Waals surface area (Å²) in [6.07, 6.45) is 1.56. The third-order valence-electron chi connectivity index (χ3n) is 6.42. The van der Waals surface area contributed by atoms with Crippen LogP contribution in [0.15, 0.2) is 42.6 Å². The Morgan fingerprint density at radius 3 is 2.71 bits per heavy atom. The van der Waals surface area contributed by atoms with Crippen LogP contribution in [-0.4, -0.2) is 63.1 Å². The third kappa shape index (κ3) is 4.51. The Balaban J connectivity index is 1.56. The molecular formula is C25H27ClFN5O3. The summed E-state index contributed by atoms with van der Waals surface area (Å²) in [6, 6.07) is 9.00. The van der Waals surface area contributed by atoms with E-state index in [1.54, 1.807) is 34.0 Å². The van der Waals surface area contributed by atoms with Crippen LogP contribution < -0.4 is 5.32 Å². The number of carbonyl (C=O) groups excluding carboxylic acids is 1. The second-order valence-electron chi connectivity index (χ2n) is 9.60. The molecule has 1 aromatic carbocycles. The van der Waals surface area contributed by atoms with Gasteiger partial charge < -0.3 is 20.1 Å². The van der Waals surface area contributed by atoms with E-state index in [1.807, 2.05) is 19.9 Å². The fourth-order valence-electron chi connectivity index (χ4n) is 4.72. The summed E-state index contributed by atoms with van der Waals surface area (Å²) in [5.74, 6) is -0.0530. The minimum absolute atomic E-state index is 0.182. The maximum atomic E-state index is 14.0. The second kappa shape index (κ2) is 9.22. The van der Waals surface area contributed by atoms with E-state index < -0.39 is 11.9 Å². The molecule has 2 aromatic heterocycles. The number of aliphatic hydroxyl groups is 1. The number of anilines is 1. The quantitative estimate of drug-likeness (QED) is 0.536. The highest BCUT2D eigenvalue weighted by Crippen LogP contribution is 2.39. The van der Waals surface area contributed by atoms with E-state index in [1.165, 1.54) is 12.1 Å². The third-order valence-corrected chi connectivity index (χ3v) is 6.72. The molecular weight excluding hydrogens is 473 g/mol. The molecule has 3 aromatic rings. The Morgan fingerprint density at radius 2 is 2.06 bits per heavy atom. The van der Waals surface area contributed by atoms with Crippen LogP contribution in [0.2, 0.25) is 5.02 Å². The number of fused-ring (bicyclic) bond motifs is 1. The Morgan fingerprint density at radius 1 is 1.26 bits per heavy atom. The van der Waals surface area contributed by atoms with Crippen molar-refractivity contribution in [3.8, 4) is 11.3 Å². The predicted molar refractivity (Wildman–Crippen MR) is 130 cm³/mol. The minimum Gasteiger partial charge on any atom is -0.394 e. The van der Waals surface area contributed by atoms with E-state index in [9.17, 15) is 14.3 Å². The minimum atomic E-state index is -0.702. The normalized spacial score (nSPS) is 17.8. The number of benzene rings is 1. The molecule has 1 spiro atoms. The van der Waals surface area contributed by atoms with Crippen LogP contribution in [0.5, 0.6) is 0 Å². The van der Waals surface area contributed by atoms with Crippen molar-refractivity contribution >= 4 is 23.3 Å².